The Balaban J connectivity index is 2.34. The molecule has 0 aliphatic carbocycles. The number of aromatic nitrogens is 2. The van der Waals surface area contributed by atoms with Crippen molar-refractivity contribution in [3.05, 3.63) is 30.2 Å². The summed E-state index contributed by atoms with van der Waals surface area (Å²) in [6.45, 7) is 1.48. The third-order valence-corrected chi connectivity index (χ3v) is 2.24. The number of anilines is 1. The lowest BCUT2D eigenvalue weighted by Crippen LogP contribution is -2.29. The van der Waals surface area contributed by atoms with E-state index in [9.17, 15) is 4.79 Å². The van der Waals surface area contributed by atoms with Gasteiger partial charge in [0.1, 0.15) is 0 Å². The molecule has 2 rings (SSSR count). The Bertz CT molecular complexity index is 403. The lowest BCUT2D eigenvalue weighted by atomic mass is 10.2. The van der Waals surface area contributed by atoms with Crippen LogP contribution in [-0.2, 0) is 0 Å². The van der Waals surface area contributed by atoms with E-state index in [1.54, 1.807) is 0 Å². The van der Waals surface area contributed by atoms with E-state index >= 15 is 0 Å². The minimum Gasteiger partial charge on any atom is -0.476 e. The molecule has 1 aliphatic rings. The Morgan fingerprint density at radius 1 is 1.33 bits per heavy atom. The summed E-state index contributed by atoms with van der Waals surface area (Å²) < 4.78 is 0. The summed E-state index contributed by atoms with van der Waals surface area (Å²) in [7, 11) is 0. The first-order valence-corrected chi connectivity index (χ1v) is 4.73. The summed E-state index contributed by atoms with van der Waals surface area (Å²) in [6.07, 6.45) is 7.90. The monoisotopic (exact) mass is 205 g/mol. The molecule has 0 spiro atoms. The van der Waals surface area contributed by atoms with Gasteiger partial charge in [-0.2, -0.15) is 0 Å². The summed E-state index contributed by atoms with van der Waals surface area (Å²) in [5.41, 5.74) is 0.0211. The highest BCUT2D eigenvalue weighted by atomic mass is 16.4. The Morgan fingerprint density at radius 2 is 2.13 bits per heavy atom. The molecule has 0 saturated carbocycles. The van der Waals surface area contributed by atoms with Gasteiger partial charge in [0.2, 0.25) is 0 Å². The van der Waals surface area contributed by atoms with Crippen molar-refractivity contribution in [2.75, 3.05) is 18.0 Å². The molecule has 1 aromatic heterocycles. The van der Waals surface area contributed by atoms with Crippen molar-refractivity contribution in [3.8, 4) is 0 Å². The van der Waals surface area contributed by atoms with Gasteiger partial charge in [0.25, 0.3) is 0 Å². The highest BCUT2D eigenvalue weighted by Gasteiger charge is 2.18. The van der Waals surface area contributed by atoms with Crippen molar-refractivity contribution >= 4 is 11.8 Å². The average molecular weight is 205 g/mol. The fraction of sp³-hybridized carbons (Fsp3) is 0.300. The van der Waals surface area contributed by atoms with Crippen molar-refractivity contribution in [1.29, 1.82) is 0 Å². The topological polar surface area (TPSA) is 66.3 Å². The molecule has 0 aromatic carbocycles. The second-order valence-corrected chi connectivity index (χ2v) is 3.24. The van der Waals surface area contributed by atoms with Gasteiger partial charge in [-0.3, -0.25) is 0 Å². The van der Waals surface area contributed by atoms with Gasteiger partial charge in [0.05, 0.1) is 0 Å². The first-order valence-electron chi connectivity index (χ1n) is 4.73. The zero-order valence-electron chi connectivity index (χ0n) is 8.13. The number of carboxylic acids is 1. The van der Waals surface area contributed by atoms with Crippen LogP contribution in [0.3, 0.4) is 0 Å². The molecule has 0 atom stereocenters. The quantitative estimate of drug-likeness (QED) is 0.728. The van der Waals surface area contributed by atoms with E-state index in [0.29, 0.717) is 12.4 Å². The standard InChI is InChI=1S/C10H11N3O2/c14-10(15)8-9(12-5-4-11-8)13-6-2-1-3-7-13/h1-2,4-5H,3,6-7H2,(H,14,15). The predicted molar refractivity (Wildman–Crippen MR) is 55.0 cm³/mol. The van der Waals surface area contributed by atoms with Crippen LogP contribution in [0.5, 0.6) is 0 Å². The lowest BCUT2D eigenvalue weighted by molar-refractivity contribution is 0.0690. The number of rotatable bonds is 2. The molecule has 0 radical (unpaired) electrons. The fourth-order valence-electron chi connectivity index (χ4n) is 1.55. The molecule has 1 aliphatic heterocycles. The van der Waals surface area contributed by atoms with Crippen molar-refractivity contribution in [2.45, 2.75) is 6.42 Å². The molecule has 0 amide bonds. The number of nitrogens with zero attached hydrogens (tertiary/aromatic N) is 3. The highest BCUT2D eigenvalue weighted by Crippen LogP contribution is 2.17. The molecule has 0 bridgehead atoms. The van der Waals surface area contributed by atoms with E-state index in [2.05, 4.69) is 16.0 Å². The smallest absolute Gasteiger partial charge is 0.358 e. The predicted octanol–water partition coefficient (Wildman–Crippen LogP) is 0.941. The molecule has 5 nitrogen and oxygen atoms in total. The Morgan fingerprint density at radius 3 is 2.80 bits per heavy atom. The van der Waals surface area contributed by atoms with Crippen molar-refractivity contribution < 1.29 is 9.90 Å². The van der Waals surface area contributed by atoms with Crippen LogP contribution in [0.2, 0.25) is 0 Å². The molecule has 78 valence electrons. The van der Waals surface area contributed by atoms with E-state index in [1.165, 1.54) is 12.4 Å². The molecular formula is C10H11N3O2. The maximum atomic E-state index is 10.9. The summed E-state index contributed by atoms with van der Waals surface area (Å²) >= 11 is 0. The van der Waals surface area contributed by atoms with Crippen molar-refractivity contribution in [2.24, 2.45) is 0 Å². The number of hydrogen-bond acceptors (Lipinski definition) is 4. The number of aromatic carboxylic acids is 1. The van der Waals surface area contributed by atoms with Gasteiger partial charge in [-0.15, -0.1) is 0 Å². The van der Waals surface area contributed by atoms with Gasteiger partial charge >= 0.3 is 5.97 Å². The first kappa shape index (κ1) is 9.64. The zero-order chi connectivity index (χ0) is 10.7. The Kier molecular flexibility index (Phi) is 2.62. The summed E-state index contributed by atoms with van der Waals surface area (Å²) in [6, 6.07) is 0. The Labute approximate surface area is 87.1 Å². The van der Waals surface area contributed by atoms with E-state index < -0.39 is 5.97 Å². The molecule has 5 heteroatoms. The van der Waals surface area contributed by atoms with Crippen LogP contribution < -0.4 is 4.90 Å². The van der Waals surface area contributed by atoms with Crippen LogP contribution in [0, 0.1) is 0 Å². The maximum absolute atomic E-state index is 10.9. The second kappa shape index (κ2) is 4.08. The van der Waals surface area contributed by atoms with Gasteiger partial charge in [0.15, 0.2) is 11.5 Å². The van der Waals surface area contributed by atoms with E-state index in [-0.39, 0.29) is 5.69 Å². The van der Waals surface area contributed by atoms with Gasteiger partial charge in [-0.1, -0.05) is 12.2 Å². The normalized spacial score (nSPS) is 15.3. The molecule has 0 saturated heterocycles. The van der Waals surface area contributed by atoms with Gasteiger partial charge < -0.3 is 10.0 Å². The summed E-state index contributed by atoms with van der Waals surface area (Å²) in [5, 5.41) is 8.95. The number of carboxylic acid groups (broad SMARTS) is 1. The van der Waals surface area contributed by atoms with Gasteiger partial charge in [0, 0.05) is 25.5 Å². The first-order chi connectivity index (χ1) is 7.29. The van der Waals surface area contributed by atoms with E-state index in [1.807, 2.05) is 11.0 Å². The van der Waals surface area contributed by atoms with Crippen molar-refractivity contribution in [3.63, 3.8) is 0 Å². The summed E-state index contributed by atoms with van der Waals surface area (Å²) in [4.78, 5) is 20.7. The van der Waals surface area contributed by atoms with Crippen LogP contribution in [-0.4, -0.2) is 34.1 Å². The molecule has 0 unspecified atom stereocenters. The third kappa shape index (κ3) is 1.96. The molecule has 0 fully saturated rings. The van der Waals surface area contributed by atoms with E-state index in [0.717, 1.165) is 13.0 Å². The van der Waals surface area contributed by atoms with Crippen LogP contribution in [0.25, 0.3) is 0 Å². The molecule has 1 N–H and O–H groups in total. The lowest BCUT2D eigenvalue weighted by Gasteiger charge is -2.24. The molecule has 1 aromatic rings. The van der Waals surface area contributed by atoms with Gasteiger partial charge in [-0.05, 0) is 6.42 Å². The molecule has 15 heavy (non-hydrogen) atoms. The fourth-order valence-corrected chi connectivity index (χ4v) is 1.55. The average Bonchev–Trinajstić information content (AvgIpc) is 2.30. The molecular weight excluding hydrogens is 194 g/mol. The van der Waals surface area contributed by atoms with Crippen molar-refractivity contribution in [1.82, 2.24) is 9.97 Å². The largest absolute Gasteiger partial charge is 0.476 e. The minimum absolute atomic E-state index is 0.0211. The molecule has 2 heterocycles. The van der Waals surface area contributed by atoms with Crippen LogP contribution in [0.15, 0.2) is 24.5 Å². The summed E-state index contributed by atoms with van der Waals surface area (Å²) in [5.74, 6) is -0.581. The van der Waals surface area contributed by atoms with E-state index in [4.69, 9.17) is 5.11 Å². The van der Waals surface area contributed by atoms with Crippen LogP contribution in [0.4, 0.5) is 5.82 Å². The van der Waals surface area contributed by atoms with Crippen LogP contribution in [0.1, 0.15) is 16.9 Å². The minimum atomic E-state index is -1.03. The maximum Gasteiger partial charge on any atom is 0.358 e. The highest BCUT2D eigenvalue weighted by molar-refractivity contribution is 5.90. The van der Waals surface area contributed by atoms with Gasteiger partial charge in [-0.25, -0.2) is 14.8 Å². The SMILES string of the molecule is O=C(O)c1nccnc1N1CC=CCC1. The Hall–Kier alpha value is -1.91. The second-order valence-electron chi connectivity index (χ2n) is 3.24. The zero-order valence-corrected chi connectivity index (χ0v) is 8.13. The number of carbonyl (C=O) groups is 1. The third-order valence-electron chi connectivity index (χ3n) is 2.24. The number of hydrogen-bond donors (Lipinski definition) is 1. The van der Waals surface area contributed by atoms with Crippen LogP contribution >= 0.6 is 0 Å².